The number of ether oxygens (including phenoxy) is 1. The fourth-order valence-electron chi connectivity index (χ4n) is 1.79. The minimum absolute atomic E-state index is 0.271. The third-order valence-corrected chi connectivity index (χ3v) is 2.84. The molecule has 1 N–H and O–H groups in total. The van der Waals surface area contributed by atoms with Crippen molar-refractivity contribution in [3.63, 3.8) is 0 Å². The van der Waals surface area contributed by atoms with Gasteiger partial charge in [-0.05, 0) is 24.1 Å². The van der Waals surface area contributed by atoms with E-state index < -0.39 is 6.09 Å². The van der Waals surface area contributed by atoms with Gasteiger partial charge in [0.2, 0.25) is 0 Å². The smallest absolute Gasteiger partial charge is 0.407 e. The van der Waals surface area contributed by atoms with E-state index in [-0.39, 0.29) is 6.61 Å². The molecule has 0 saturated heterocycles. The Kier molecular flexibility index (Phi) is 6.01. The number of carbonyl (C=O) groups is 1. The Morgan fingerprint density at radius 2 is 2.09 bits per heavy atom. The molecule has 0 radical (unpaired) electrons. The molecule has 4 heteroatoms. The number of alkyl carbamates (subject to hydrolysis) is 1. The first-order valence-corrected chi connectivity index (χ1v) is 7.09. The number of nitrogens with zero attached hydrogens (tertiary/aromatic N) is 1. The molecular formula is C18H18N2O2. The zero-order chi connectivity index (χ0) is 15.6. The minimum Gasteiger partial charge on any atom is -0.445 e. The molecule has 1 aromatic carbocycles. The molecule has 0 bridgehead atoms. The van der Waals surface area contributed by atoms with Crippen LogP contribution >= 0.6 is 0 Å². The molecule has 1 amide bonds. The molecule has 0 aliphatic heterocycles. The quantitative estimate of drug-likeness (QED) is 0.696. The van der Waals surface area contributed by atoms with Crippen molar-refractivity contribution < 1.29 is 9.53 Å². The fraction of sp³-hybridized carbons (Fsp3) is 0.222. The van der Waals surface area contributed by atoms with Crippen molar-refractivity contribution >= 4 is 6.09 Å². The number of nitrogens with one attached hydrogen (secondary N) is 1. The van der Waals surface area contributed by atoms with Crippen LogP contribution in [-0.2, 0) is 11.3 Å². The summed E-state index contributed by atoms with van der Waals surface area (Å²) in [5.41, 5.74) is 2.92. The van der Waals surface area contributed by atoms with E-state index in [0.717, 1.165) is 16.7 Å². The number of pyridine rings is 1. The highest BCUT2D eigenvalue weighted by atomic mass is 16.5. The first kappa shape index (κ1) is 15.6. The SMILES string of the molecule is Cc1cncc(C#CCCNC(=O)OCc2ccccc2)c1. The third kappa shape index (κ3) is 5.68. The predicted molar refractivity (Wildman–Crippen MR) is 85.1 cm³/mol. The average molecular weight is 294 g/mol. The number of aryl methyl sites for hydroxylation is 1. The first-order valence-electron chi connectivity index (χ1n) is 7.09. The summed E-state index contributed by atoms with van der Waals surface area (Å²) in [5.74, 6) is 6.01. The topological polar surface area (TPSA) is 51.2 Å². The Bertz CT molecular complexity index is 672. The van der Waals surface area contributed by atoms with E-state index in [4.69, 9.17) is 4.74 Å². The standard InChI is InChI=1S/C18H18N2O2/c1-15-11-17(13-19-12-15)9-5-6-10-20-18(21)22-14-16-7-3-2-4-8-16/h2-4,7-8,11-13H,6,10,14H2,1H3,(H,20,21). The average Bonchev–Trinajstić information content (AvgIpc) is 2.54. The van der Waals surface area contributed by atoms with Crippen molar-refractivity contribution in [2.24, 2.45) is 0 Å². The van der Waals surface area contributed by atoms with Gasteiger partial charge in [-0.25, -0.2) is 4.79 Å². The highest BCUT2D eigenvalue weighted by Gasteiger charge is 2.00. The van der Waals surface area contributed by atoms with Crippen LogP contribution in [0.5, 0.6) is 0 Å². The van der Waals surface area contributed by atoms with Crippen LogP contribution in [0, 0.1) is 18.8 Å². The van der Waals surface area contributed by atoms with Crippen LogP contribution in [0.1, 0.15) is 23.1 Å². The molecule has 1 heterocycles. The van der Waals surface area contributed by atoms with E-state index in [1.807, 2.05) is 43.3 Å². The minimum atomic E-state index is -0.428. The number of amides is 1. The maximum atomic E-state index is 11.5. The van der Waals surface area contributed by atoms with Gasteiger partial charge in [0, 0.05) is 30.9 Å². The lowest BCUT2D eigenvalue weighted by molar-refractivity contribution is 0.140. The van der Waals surface area contributed by atoms with Crippen molar-refractivity contribution in [3.05, 3.63) is 65.5 Å². The molecule has 4 nitrogen and oxygen atoms in total. The summed E-state index contributed by atoms with van der Waals surface area (Å²) in [4.78, 5) is 15.6. The number of carbonyl (C=O) groups excluding carboxylic acids is 1. The van der Waals surface area contributed by atoms with Gasteiger partial charge in [0.1, 0.15) is 6.61 Å². The molecule has 0 fully saturated rings. The van der Waals surface area contributed by atoms with Crippen molar-refractivity contribution in [1.29, 1.82) is 0 Å². The van der Waals surface area contributed by atoms with Gasteiger partial charge in [0.05, 0.1) is 0 Å². The predicted octanol–water partition coefficient (Wildman–Crippen LogP) is 3.06. The van der Waals surface area contributed by atoms with Crippen LogP contribution < -0.4 is 5.32 Å². The largest absolute Gasteiger partial charge is 0.445 e. The lowest BCUT2D eigenvalue weighted by Crippen LogP contribution is -2.24. The summed E-state index contributed by atoms with van der Waals surface area (Å²) in [6, 6.07) is 11.5. The van der Waals surface area contributed by atoms with Gasteiger partial charge in [-0.2, -0.15) is 0 Å². The maximum absolute atomic E-state index is 11.5. The highest BCUT2D eigenvalue weighted by Crippen LogP contribution is 2.00. The molecule has 112 valence electrons. The third-order valence-electron chi connectivity index (χ3n) is 2.84. The summed E-state index contributed by atoms with van der Waals surface area (Å²) in [6.07, 6.45) is 3.65. The van der Waals surface area contributed by atoms with Crippen LogP contribution in [0.4, 0.5) is 4.79 Å². The van der Waals surface area contributed by atoms with Crippen molar-refractivity contribution in [3.8, 4) is 11.8 Å². The number of benzene rings is 1. The molecule has 0 atom stereocenters. The fourth-order valence-corrected chi connectivity index (χ4v) is 1.79. The second-order valence-electron chi connectivity index (χ2n) is 4.79. The van der Waals surface area contributed by atoms with Gasteiger partial charge in [0.25, 0.3) is 0 Å². The summed E-state index contributed by atoms with van der Waals surface area (Å²) in [6.45, 7) is 2.70. The van der Waals surface area contributed by atoms with E-state index in [1.54, 1.807) is 12.4 Å². The molecule has 2 aromatic rings. The number of hydrogen-bond acceptors (Lipinski definition) is 3. The van der Waals surface area contributed by atoms with Gasteiger partial charge in [-0.1, -0.05) is 42.2 Å². The number of rotatable bonds is 4. The van der Waals surface area contributed by atoms with E-state index in [9.17, 15) is 4.79 Å². The van der Waals surface area contributed by atoms with Crippen LogP contribution in [0.25, 0.3) is 0 Å². The number of aromatic nitrogens is 1. The molecule has 1 aromatic heterocycles. The lowest BCUT2D eigenvalue weighted by atomic mass is 10.2. The summed E-state index contributed by atoms with van der Waals surface area (Å²) >= 11 is 0. The Morgan fingerprint density at radius 3 is 2.86 bits per heavy atom. The monoisotopic (exact) mass is 294 g/mol. The van der Waals surface area contributed by atoms with E-state index in [2.05, 4.69) is 22.1 Å². The van der Waals surface area contributed by atoms with Crippen LogP contribution in [-0.4, -0.2) is 17.6 Å². The second kappa shape index (κ2) is 8.48. The van der Waals surface area contributed by atoms with Crippen molar-refractivity contribution in [2.45, 2.75) is 20.0 Å². The maximum Gasteiger partial charge on any atom is 0.407 e. The normalized spacial score (nSPS) is 9.50. The molecule has 0 spiro atoms. The second-order valence-corrected chi connectivity index (χ2v) is 4.79. The zero-order valence-corrected chi connectivity index (χ0v) is 12.5. The lowest BCUT2D eigenvalue weighted by Gasteiger charge is -2.05. The first-order chi connectivity index (χ1) is 10.7. The summed E-state index contributed by atoms with van der Waals surface area (Å²) in [5, 5.41) is 2.67. The molecule has 0 aliphatic rings. The summed E-state index contributed by atoms with van der Waals surface area (Å²) < 4.78 is 5.10. The number of hydrogen-bond donors (Lipinski definition) is 1. The molecule has 0 saturated carbocycles. The van der Waals surface area contributed by atoms with Gasteiger partial charge in [-0.15, -0.1) is 0 Å². The molecule has 0 aliphatic carbocycles. The summed E-state index contributed by atoms with van der Waals surface area (Å²) in [7, 11) is 0. The van der Waals surface area contributed by atoms with Crippen LogP contribution in [0.15, 0.2) is 48.8 Å². The zero-order valence-electron chi connectivity index (χ0n) is 12.5. The van der Waals surface area contributed by atoms with Gasteiger partial charge < -0.3 is 10.1 Å². The highest BCUT2D eigenvalue weighted by molar-refractivity contribution is 5.67. The molecular weight excluding hydrogens is 276 g/mol. The molecule has 22 heavy (non-hydrogen) atoms. The Hall–Kier alpha value is -2.80. The van der Waals surface area contributed by atoms with Gasteiger partial charge in [-0.3, -0.25) is 4.98 Å². The molecule has 2 rings (SSSR count). The van der Waals surface area contributed by atoms with E-state index >= 15 is 0 Å². The Labute approximate surface area is 130 Å². The van der Waals surface area contributed by atoms with E-state index in [1.165, 1.54) is 0 Å². The van der Waals surface area contributed by atoms with Crippen LogP contribution in [0.2, 0.25) is 0 Å². The van der Waals surface area contributed by atoms with Crippen molar-refractivity contribution in [2.75, 3.05) is 6.54 Å². The van der Waals surface area contributed by atoms with Gasteiger partial charge in [0.15, 0.2) is 0 Å². The van der Waals surface area contributed by atoms with Crippen LogP contribution in [0.3, 0.4) is 0 Å². The van der Waals surface area contributed by atoms with E-state index in [0.29, 0.717) is 13.0 Å². The molecule has 0 unspecified atom stereocenters. The Morgan fingerprint density at radius 1 is 1.27 bits per heavy atom. The van der Waals surface area contributed by atoms with Gasteiger partial charge >= 0.3 is 6.09 Å². The van der Waals surface area contributed by atoms with Crippen molar-refractivity contribution in [1.82, 2.24) is 10.3 Å². The Balaban J connectivity index is 1.65.